The zero-order chi connectivity index (χ0) is 11.5. The van der Waals surface area contributed by atoms with Crippen molar-refractivity contribution in [1.82, 2.24) is 9.47 Å². The van der Waals surface area contributed by atoms with Crippen LogP contribution in [0, 0.1) is 0 Å². The molecule has 1 aliphatic rings. The summed E-state index contributed by atoms with van der Waals surface area (Å²) >= 11 is 0. The van der Waals surface area contributed by atoms with E-state index in [9.17, 15) is 9.90 Å². The first kappa shape index (κ1) is 11.2. The minimum atomic E-state index is -0.352. The molecule has 4 nitrogen and oxygen atoms in total. The Morgan fingerprint density at radius 1 is 1.44 bits per heavy atom. The van der Waals surface area contributed by atoms with Crippen LogP contribution in [0.25, 0.3) is 0 Å². The topological polar surface area (TPSA) is 45.5 Å². The van der Waals surface area contributed by atoms with Crippen LogP contribution < -0.4 is 0 Å². The molecule has 2 atom stereocenters. The third kappa shape index (κ3) is 2.27. The molecule has 2 heterocycles. The van der Waals surface area contributed by atoms with Gasteiger partial charge in [-0.15, -0.1) is 0 Å². The Balaban J connectivity index is 2.01. The Morgan fingerprint density at radius 2 is 2.12 bits per heavy atom. The summed E-state index contributed by atoms with van der Waals surface area (Å²) in [6.45, 7) is 3.13. The molecule has 1 aliphatic heterocycles. The van der Waals surface area contributed by atoms with Crippen molar-refractivity contribution < 1.29 is 9.90 Å². The average molecular weight is 222 g/mol. The number of piperidine rings is 1. The molecule has 0 bridgehead atoms. The van der Waals surface area contributed by atoms with Gasteiger partial charge >= 0.3 is 0 Å². The Hall–Kier alpha value is -1.29. The number of β-amino-alcohol motifs (C(OH)–C–C–N with tert-alkyl or cyclic N) is 1. The van der Waals surface area contributed by atoms with Crippen LogP contribution >= 0.6 is 0 Å². The fraction of sp³-hybridized carbons (Fsp3) is 0.583. The predicted octanol–water partition coefficient (Wildman–Crippen LogP) is 1.03. The van der Waals surface area contributed by atoms with Crippen molar-refractivity contribution in [3.05, 3.63) is 24.5 Å². The molecule has 1 aromatic rings. The van der Waals surface area contributed by atoms with Gasteiger partial charge in [-0.05, 0) is 31.9 Å². The summed E-state index contributed by atoms with van der Waals surface area (Å²) in [5, 5.41) is 9.54. The van der Waals surface area contributed by atoms with Gasteiger partial charge in [0.15, 0.2) is 0 Å². The van der Waals surface area contributed by atoms with Gasteiger partial charge in [-0.1, -0.05) is 0 Å². The van der Waals surface area contributed by atoms with Crippen LogP contribution in [-0.4, -0.2) is 39.7 Å². The lowest BCUT2D eigenvalue weighted by Gasteiger charge is -2.32. The summed E-state index contributed by atoms with van der Waals surface area (Å²) in [5.74, 6) is 0.0925. The van der Waals surface area contributed by atoms with E-state index in [1.807, 2.05) is 36.0 Å². The molecule has 1 fully saturated rings. The lowest BCUT2D eigenvalue weighted by atomic mass is 10.1. The van der Waals surface area contributed by atoms with E-state index in [0.29, 0.717) is 6.54 Å². The highest BCUT2D eigenvalue weighted by Crippen LogP contribution is 2.16. The van der Waals surface area contributed by atoms with E-state index in [4.69, 9.17) is 0 Å². The number of aliphatic hydroxyl groups excluding tert-OH is 1. The zero-order valence-corrected chi connectivity index (χ0v) is 9.54. The number of aromatic nitrogens is 1. The standard InChI is InChI=1S/C12H18N2O2/c1-10(13-6-2-3-7-13)12(16)14-8-4-5-11(15)9-14/h2-3,6-7,10-11,15H,4-5,8-9H2,1H3. The van der Waals surface area contributed by atoms with Gasteiger partial charge in [0, 0.05) is 25.5 Å². The van der Waals surface area contributed by atoms with Crippen LogP contribution in [0.1, 0.15) is 25.8 Å². The summed E-state index contributed by atoms with van der Waals surface area (Å²) in [4.78, 5) is 13.9. The maximum Gasteiger partial charge on any atom is 0.245 e. The van der Waals surface area contributed by atoms with Crippen molar-refractivity contribution in [2.75, 3.05) is 13.1 Å². The van der Waals surface area contributed by atoms with Gasteiger partial charge in [0.25, 0.3) is 0 Å². The normalized spacial score (nSPS) is 23.1. The fourth-order valence-electron chi connectivity index (χ4n) is 2.15. The number of amides is 1. The first-order chi connectivity index (χ1) is 7.68. The van der Waals surface area contributed by atoms with Crippen molar-refractivity contribution in [3.63, 3.8) is 0 Å². The number of carbonyl (C=O) groups is 1. The van der Waals surface area contributed by atoms with Crippen LogP contribution in [0.2, 0.25) is 0 Å². The Morgan fingerprint density at radius 3 is 2.75 bits per heavy atom. The third-order valence-electron chi connectivity index (χ3n) is 3.14. The molecule has 1 amide bonds. The highest BCUT2D eigenvalue weighted by Gasteiger charge is 2.26. The lowest BCUT2D eigenvalue weighted by Crippen LogP contribution is -2.44. The van der Waals surface area contributed by atoms with Crippen LogP contribution in [0.3, 0.4) is 0 Å². The highest BCUT2D eigenvalue weighted by molar-refractivity contribution is 5.80. The predicted molar refractivity (Wildman–Crippen MR) is 61.0 cm³/mol. The molecule has 1 saturated heterocycles. The van der Waals surface area contributed by atoms with E-state index in [0.717, 1.165) is 19.4 Å². The van der Waals surface area contributed by atoms with Gasteiger partial charge in [-0.2, -0.15) is 0 Å². The van der Waals surface area contributed by atoms with Gasteiger partial charge in [0.1, 0.15) is 6.04 Å². The van der Waals surface area contributed by atoms with Crippen LogP contribution in [0.5, 0.6) is 0 Å². The molecule has 16 heavy (non-hydrogen) atoms. The number of hydrogen-bond donors (Lipinski definition) is 1. The third-order valence-corrected chi connectivity index (χ3v) is 3.14. The van der Waals surface area contributed by atoms with E-state index in [1.54, 1.807) is 4.90 Å². The molecule has 1 N–H and O–H groups in total. The molecule has 0 spiro atoms. The second kappa shape index (κ2) is 4.70. The van der Waals surface area contributed by atoms with Gasteiger partial charge < -0.3 is 14.6 Å². The molecule has 4 heteroatoms. The van der Waals surface area contributed by atoms with Gasteiger partial charge in [-0.25, -0.2) is 0 Å². The molecular weight excluding hydrogens is 204 g/mol. The zero-order valence-electron chi connectivity index (χ0n) is 9.54. The Labute approximate surface area is 95.5 Å². The van der Waals surface area contributed by atoms with Crippen molar-refractivity contribution in [2.24, 2.45) is 0 Å². The number of aliphatic hydroxyl groups is 1. The largest absolute Gasteiger partial charge is 0.391 e. The second-order valence-electron chi connectivity index (χ2n) is 4.39. The van der Waals surface area contributed by atoms with Gasteiger partial charge in [0.2, 0.25) is 5.91 Å². The maximum absolute atomic E-state index is 12.1. The number of likely N-dealkylation sites (tertiary alicyclic amines) is 1. The van der Waals surface area contributed by atoms with E-state index >= 15 is 0 Å². The van der Waals surface area contributed by atoms with E-state index < -0.39 is 0 Å². The Kier molecular flexibility index (Phi) is 3.29. The van der Waals surface area contributed by atoms with E-state index in [1.165, 1.54) is 0 Å². The maximum atomic E-state index is 12.1. The second-order valence-corrected chi connectivity index (χ2v) is 4.39. The van der Waals surface area contributed by atoms with Crippen molar-refractivity contribution in [2.45, 2.75) is 31.9 Å². The summed E-state index contributed by atoms with van der Waals surface area (Å²) in [5.41, 5.74) is 0. The molecule has 1 aromatic heterocycles. The smallest absolute Gasteiger partial charge is 0.245 e. The first-order valence-electron chi connectivity index (χ1n) is 5.78. The lowest BCUT2D eigenvalue weighted by molar-refractivity contribution is -0.137. The summed E-state index contributed by atoms with van der Waals surface area (Å²) in [7, 11) is 0. The van der Waals surface area contributed by atoms with Crippen molar-refractivity contribution in [3.8, 4) is 0 Å². The van der Waals surface area contributed by atoms with Crippen LogP contribution in [-0.2, 0) is 4.79 Å². The monoisotopic (exact) mass is 222 g/mol. The molecule has 2 unspecified atom stereocenters. The summed E-state index contributed by atoms with van der Waals surface area (Å²) in [6.07, 6.45) is 5.13. The Bertz CT molecular complexity index is 348. The van der Waals surface area contributed by atoms with E-state index in [2.05, 4.69) is 0 Å². The van der Waals surface area contributed by atoms with Crippen molar-refractivity contribution >= 4 is 5.91 Å². The fourth-order valence-corrected chi connectivity index (χ4v) is 2.15. The number of carbonyl (C=O) groups excluding carboxylic acids is 1. The average Bonchev–Trinajstić information content (AvgIpc) is 2.80. The van der Waals surface area contributed by atoms with Crippen molar-refractivity contribution in [1.29, 1.82) is 0 Å². The molecule has 0 radical (unpaired) electrons. The highest BCUT2D eigenvalue weighted by atomic mass is 16.3. The molecule has 2 rings (SSSR count). The molecule has 0 aromatic carbocycles. The minimum absolute atomic E-state index is 0.0925. The van der Waals surface area contributed by atoms with Gasteiger partial charge in [0.05, 0.1) is 6.10 Å². The first-order valence-corrected chi connectivity index (χ1v) is 5.78. The number of hydrogen-bond acceptors (Lipinski definition) is 2. The number of nitrogens with zero attached hydrogens (tertiary/aromatic N) is 2. The van der Waals surface area contributed by atoms with E-state index in [-0.39, 0.29) is 18.1 Å². The number of rotatable bonds is 2. The molecule has 88 valence electrons. The summed E-state index contributed by atoms with van der Waals surface area (Å²) in [6, 6.07) is 3.64. The van der Waals surface area contributed by atoms with Gasteiger partial charge in [-0.3, -0.25) is 4.79 Å². The SMILES string of the molecule is CC(C(=O)N1CCCC(O)C1)n1cccc1. The minimum Gasteiger partial charge on any atom is -0.391 e. The molecular formula is C12H18N2O2. The molecule has 0 aliphatic carbocycles. The van der Waals surface area contributed by atoms with Crippen LogP contribution in [0.4, 0.5) is 0 Å². The van der Waals surface area contributed by atoms with Crippen LogP contribution in [0.15, 0.2) is 24.5 Å². The summed E-state index contributed by atoms with van der Waals surface area (Å²) < 4.78 is 1.89. The quantitative estimate of drug-likeness (QED) is 0.812. The molecule has 0 saturated carbocycles.